The van der Waals surface area contributed by atoms with Crippen LogP contribution in [0.15, 0.2) is 58.5 Å². The van der Waals surface area contributed by atoms with Gasteiger partial charge >= 0.3 is 0 Å². The number of hydrazone groups is 1. The van der Waals surface area contributed by atoms with Crippen molar-refractivity contribution >= 4 is 16.2 Å². The van der Waals surface area contributed by atoms with Crippen molar-refractivity contribution in [2.24, 2.45) is 5.10 Å². The summed E-state index contributed by atoms with van der Waals surface area (Å²) in [6, 6.07) is 13.2. The third-order valence-corrected chi connectivity index (χ3v) is 4.32. The van der Waals surface area contributed by atoms with Gasteiger partial charge in [-0.1, -0.05) is 37.6 Å². The molecule has 0 saturated heterocycles. The maximum atomic E-state index is 12.1. The predicted octanol–water partition coefficient (Wildman–Crippen LogP) is 2.66. The molecule has 0 unspecified atom stereocenters. The zero-order valence-corrected chi connectivity index (χ0v) is 13.0. The van der Waals surface area contributed by atoms with Crippen LogP contribution in [0.5, 0.6) is 5.75 Å². The molecule has 0 amide bonds. The Labute approximate surface area is 130 Å². The van der Waals surface area contributed by atoms with Crippen LogP contribution in [0.25, 0.3) is 0 Å². The summed E-state index contributed by atoms with van der Waals surface area (Å²) in [5.74, 6) is 0.0365. The Morgan fingerprint density at radius 3 is 2.45 bits per heavy atom. The fourth-order valence-corrected chi connectivity index (χ4v) is 2.73. The lowest BCUT2D eigenvalue weighted by Crippen LogP contribution is -2.18. The standard InChI is InChI=1S/C16H18N2O3S/c1-2-5-13-8-10-15(11-9-13)22(20,21)18-17-12-14-6-3-4-7-16(14)19/h3-4,6-12,18-19H,2,5H2,1H3/b17-12-. The summed E-state index contributed by atoms with van der Waals surface area (Å²) in [5, 5.41) is 13.3. The Kier molecular flexibility index (Phi) is 5.16. The zero-order valence-electron chi connectivity index (χ0n) is 12.2. The SMILES string of the molecule is CCCc1ccc(S(=O)(=O)N/N=C\c2ccccc2O)cc1. The van der Waals surface area contributed by atoms with E-state index < -0.39 is 10.0 Å². The monoisotopic (exact) mass is 318 g/mol. The van der Waals surface area contributed by atoms with Crippen LogP contribution in [0.3, 0.4) is 0 Å². The van der Waals surface area contributed by atoms with Crippen molar-refractivity contribution in [1.29, 1.82) is 0 Å². The fourth-order valence-electron chi connectivity index (χ4n) is 1.94. The van der Waals surface area contributed by atoms with E-state index in [9.17, 15) is 13.5 Å². The van der Waals surface area contributed by atoms with Crippen molar-refractivity contribution in [3.8, 4) is 5.75 Å². The van der Waals surface area contributed by atoms with Crippen LogP contribution in [0.4, 0.5) is 0 Å². The molecule has 0 aliphatic heterocycles. The van der Waals surface area contributed by atoms with Crippen LogP contribution in [-0.4, -0.2) is 19.7 Å². The summed E-state index contributed by atoms with van der Waals surface area (Å²) in [5.41, 5.74) is 1.53. The van der Waals surface area contributed by atoms with Gasteiger partial charge in [0.05, 0.1) is 11.1 Å². The Morgan fingerprint density at radius 2 is 1.82 bits per heavy atom. The molecule has 2 aromatic rings. The van der Waals surface area contributed by atoms with Crippen molar-refractivity contribution in [3.05, 3.63) is 59.7 Å². The molecule has 0 heterocycles. The smallest absolute Gasteiger partial charge is 0.276 e. The second kappa shape index (κ2) is 7.09. The second-order valence-corrected chi connectivity index (χ2v) is 6.47. The largest absolute Gasteiger partial charge is 0.507 e. The van der Waals surface area contributed by atoms with Crippen LogP contribution >= 0.6 is 0 Å². The third-order valence-electron chi connectivity index (χ3n) is 3.09. The molecule has 0 aromatic heterocycles. The molecule has 0 fully saturated rings. The first-order chi connectivity index (χ1) is 10.5. The Hall–Kier alpha value is -2.34. The highest BCUT2D eigenvalue weighted by Gasteiger charge is 2.12. The molecule has 0 bridgehead atoms. The molecule has 0 spiro atoms. The van der Waals surface area contributed by atoms with Crippen molar-refractivity contribution < 1.29 is 13.5 Å². The van der Waals surface area contributed by atoms with Gasteiger partial charge in [0.1, 0.15) is 5.75 Å². The van der Waals surface area contributed by atoms with Gasteiger partial charge in [0.2, 0.25) is 0 Å². The molecule has 0 atom stereocenters. The van der Waals surface area contributed by atoms with Gasteiger partial charge in [-0.25, -0.2) is 4.83 Å². The van der Waals surface area contributed by atoms with Crippen LogP contribution in [0.2, 0.25) is 0 Å². The van der Waals surface area contributed by atoms with E-state index in [-0.39, 0.29) is 10.6 Å². The molecular weight excluding hydrogens is 300 g/mol. The van der Waals surface area contributed by atoms with Crippen LogP contribution in [-0.2, 0) is 16.4 Å². The van der Waals surface area contributed by atoms with E-state index in [1.54, 1.807) is 42.5 Å². The van der Waals surface area contributed by atoms with Crippen LogP contribution in [0.1, 0.15) is 24.5 Å². The molecule has 2 N–H and O–H groups in total. The van der Waals surface area contributed by atoms with Crippen molar-refractivity contribution in [2.75, 3.05) is 0 Å². The molecular formula is C16H18N2O3S. The highest BCUT2D eigenvalue weighted by molar-refractivity contribution is 7.89. The van der Waals surface area contributed by atoms with E-state index in [0.29, 0.717) is 5.56 Å². The highest BCUT2D eigenvalue weighted by atomic mass is 32.2. The van der Waals surface area contributed by atoms with Gasteiger partial charge < -0.3 is 5.11 Å². The number of nitrogens with zero attached hydrogens (tertiary/aromatic N) is 1. The first kappa shape index (κ1) is 16.0. The zero-order chi connectivity index (χ0) is 16.0. The maximum Gasteiger partial charge on any atom is 0.276 e. The molecule has 6 heteroatoms. The molecule has 0 radical (unpaired) electrons. The van der Waals surface area contributed by atoms with E-state index in [0.717, 1.165) is 18.4 Å². The summed E-state index contributed by atoms with van der Waals surface area (Å²) in [6.07, 6.45) is 3.19. The van der Waals surface area contributed by atoms with Crippen LogP contribution < -0.4 is 4.83 Å². The molecule has 116 valence electrons. The van der Waals surface area contributed by atoms with E-state index in [1.165, 1.54) is 12.3 Å². The number of benzene rings is 2. The Morgan fingerprint density at radius 1 is 1.14 bits per heavy atom. The average Bonchev–Trinajstić information content (AvgIpc) is 2.50. The van der Waals surface area contributed by atoms with E-state index in [4.69, 9.17) is 0 Å². The van der Waals surface area contributed by atoms with Gasteiger partial charge in [-0.3, -0.25) is 0 Å². The fraction of sp³-hybridized carbons (Fsp3) is 0.188. The van der Waals surface area contributed by atoms with Gasteiger partial charge in [-0.05, 0) is 36.2 Å². The number of nitrogens with one attached hydrogen (secondary N) is 1. The number of aryl methyl sites for hydroxylation is 1. The van der Waals surface area contributed by atoms with Crippen LogP contribution in [0, 0.1) is 0 Å². The van der Waals surface area contributed by atoms with Crippen molar-refractivity contribution in [2.45, 2.75) is 24.7 Å². The maximum absolute atomic E-state index is 12.1. The molecule has 22 heavy (non-hydrogen) atoms. The number of aromatic hydroxyl groups is 1. The predicted molar refractivity (Wildman–Crippen MR) is 86.5 cm³/mol. The normalized spacial score (nSPS) is 11.7. The van der Waals surface area contributed by atoms with Gasteiger partial charge in [0, 0.05) is 5.56 Å². The second-order valence-electron chi connectivity index (χ2n) is 4.81. The summed E-state index contributed by atoms with van der Waals surface area (Å²) in [7, 11) is -3.70. The van der Waals surface area contributed by atoms with Gasteiger partial charge in [-0.15, -0.1) is 0 Å². The quantitative estimate of drug-likeness (QED) is 0.635. The number of para-hydroxylation sites is 1. The van der Waals surface area contributed by atoms with E-state index in [2.05, 4.69) is 16.9 Å². The summed E-state index contributed by atoms with van der Waals surface area (Å²) in [4.78, 5) is 2.29. The number of sulfonamides is 1. The summed E-state index contributed by atoms with van der Waals surface area (Å²) < 4.78 is 24.2. The molecule has 2 aromatic carbocycles. The molecule has 0 aliphatic rings. The van der Waals surface area contributed by atoms with Crippen molar-refractivity contribution in [3.63, 3.8) is 0 Å². The highest BCUT2D eigenvalue weighted by Crippen LogP contribution is 2.14. The topological polar surface area (TPSA) is 78.8 Å². The van der Waals surface area contributed by atoms with E-state index >= 15 is 0 Å². The molecule has 5 nitrogen and oxygen atoms in total. The number of phenolic OH excluding ortho intramolecular Hbond substituents is 1. The lowest BCUT2D eigenvalue weighted by Gasteiger charge is -2.05. The van der Waals surface area contributed by atoms with Gasteiger partial charge in [0.25, 0.3) is 10.0 Å². The minimum absolute atomic E-state index is 0.0365. The lowest BCUT2D eigenvalue weighted by molar-refractivity contribution is 0.474. The average molecular weight is 318 g/mol. The summed E-state index contributed by atoms with van der Waals surface area (Å²) >= 11 is 0. The molecule has 0 saturated carbocycles. The van der Waals surface area contributed by atoms with Gasteiger partial charge in [-0.2, -0.15) is 13.5 Å². The third kappa shape index (κ3) is 4.08. The number of rotatable bonds is 6. The first-order valence-electron chi connectivity index (χ1n) is 6.95. The lowest BCUT2D eigenvalue weighted by atomic mass is 10.1. The van der Waals surface area contributed by atoms with Crippen molar-refractivity contribution in [1.82, 2.24) is 4.83 Å². The van der Waals surface area contributed by atoms with Gasteiger partial charge in [0.15, 0.2) is 0 Å². The minimum Gasteiger partial charge on any atom is -0.507 e. The molecule has 0 aliphatic carbocycles. The number of hydrogen-bond acceptors (Lipinski definition) is 4. The van der Waals surface area contributed by atoms with E-state index in [1.807, 2.05) is 0 Å². The first-order valence-corrected chi connectivity index (χ1v) is 8.43. The Bertz CT molecular complexity index is 753. The number of phenols is 1. The Balaban J connectivity index is 2.09. The summed E-state index contributed by atoms with van der Waals surface area (Å²) in [6.45, 7) is 2.07. The molecule has 2 rings (SSSR count). The number of hydrogen-bond donors (Lipinski definition) is 2. The minimum atomic E-state index is -3.70.